The minimum atomic E-state index is -0.172. The normalized spacial score (nSPS) is 17.7. The molecule has 6 rings (SSSR count). The molecule has 0 saturated heterocycles. The number of benzene rings is 1. The van der Waals surface area contributed by atoms with Crippen LogP contribution in [0, 0.1) is 11.3 Å². The van der Waals surface area contributed by atoms with Crippen LogP contribution in [0.4, 0.5) is 0 Å². The summed E-state index contributed by atoms with van der Waals surface area (Å²) in [7, 11) is 0. The fraction of sp³-hybridized carbons (Fsp3) is 0.167. The van der Waals surface area contributed by atoms with Gasteiger partial charge in [-0.25, -0.2) is 4.98 Å². The van der Waals surface area contributed by atoms with E-state index in [4.69, 9.17) is 14.8 Å². The quantitative estimate of drug-likeness (QED) is 0.311. The first-order valence-electron chi connectivity index (χ1n) is 12.2. The zero-order chi connectivity index (χ0) is 25.4. The van der Waals surface area contributed by atoms with Gasteiger partial charge in [0.1, 0.15) is 23.9 Å². The molecule has 7 nitrogen and oxygen atoms in total. The first kappa shape index (κ1) is 22.6. The number of rotatable bonds is 5. The Bertz CT molecular complexity index is 1600. The molecule has 0 N–H and O–H groups in total. The van der Waals surface area contributed by atoms with Crippen molar-refractivity contribution in [3.63, 3.8) is 0 Å². The van der Waals surface area contributed by atoms with Crippen molar-refractivity contribution in [3.8, 4) is 17.2 Å². The lowest BCUT2D eigenvalue weighted by molar-refractivity contribution is 0.0904. The van der Waals surface area contributed by atoms with Crippen LogP contribution in [-0.2, 0) is 4.84 Å². The highest BCUT2D eigenvalue weighted by atomic mass is 16.6. The molecule has 1 aliphatic heterocycles. The van der Waals surface area contributed by atoms with Gasteiger partial charge in [0, 0.05) is 35.9 Å². The minimum absolute atomic E-state index is 0.0327. The van der Waals surface area contributed by atoms with Gasteiger partial charge in [0.05, 0.1) is 28.4 Å². The number of aromatic nitrogens is 4. The van der Waals surface area contributed by atoms with Crippen molar-refractivity contribution >= 4 is 16.7 Å². The van der Waals surface area contributed by atoms with Crippen molar-refractivity contribution in [2.75, 3.05) is 0 Å². The molecule has 7 heteroatoms. The fourth-order valence-electron chi connectivity index (χ4n) is 5.14. The van der Waals surface area contributed by atoms with Crippen LogP contribution in [0.2, 0.25) is 0 Å². The van der Waals surface area contributed by atoms with Gasteiger partial charge in [0.15, 0.2) is 0 Å². The summed E-state index contributed by atoms with van der Waals surface area (Å²) >= 11 is 0. The first-order chi connectivity index (χ1) is 18.1. The highest BCUT2D eigenvalue weighted by molar-refractivity contribution is 5.95. The SMILES string of the molecule is CC1=NOC(C)C1c1cnc2c(-c3ccc(C#N)nc3)cn([C@@H](c3ccccc3)c3ccccn3)c2c1. The molecule has 0 saturated carbocycles. The average molecular weight is 485 g/mol. The maximum Gasteiger partial charge on any atom is 0.140 e. The van der Waals surface area contributed by atoms with Gasteiger partial charge < -0.3 is 9.40 Å². The van der Waals surface area contributed by atoms with Crippen molar-refractivity contribution < 1.29 is 4.84 Å². The van der Waals surface area contributed by atoms with E-state index < -0.39 is 0 Å². The van der Waals surface area contributed by atoms with E-state index in [1.54, 1.807) is 12.3 Å². The molecule has 0 fully saturated rings. The molecular weight excluding hydrogens is 460 g/mol. The molecule has 0 aliphatic carbocycles. The number of hydrogen-bond acceptors (Lipinski definition) is 6. The predicted molar refractivity (Wildman–Crippen MR) is 142 cm³/mol. The summed E-state index contributed by atoms with van der Waals surface area (Å²) < 4.78 is 2.24. The molecule has 2 unspecified atom stereocenters. The van der Waals surface area contributed by atoms with Crippen molar-refractivity contribution in [2.45, 2.75) is 31.9 Å². The predicted octanol–water partition coefficient (Wildman–Crippen LogP) is 5.88. The van der Waals surface area contributed by atoms with Crippen molar-refractivity contribution in [1.82, 2.24) is 19.5 Å². The average Bonchev–Trinajstić information content (AvgIpc) is 3.49. The highest BCUT2D eigenvalue weighted by Gasteiger charge is 2.31. The van der Waals surface area contributed by atoms with Gasteiger partial charge in [0.2, 0.25) is 0 Å². The third-order valence-corrected chi connectivity index (χ3v) is 6.88. The van der Waals surface area contributed by atoms with E-state index in [2.05, 4.69) is 45.2 Å². The monoisotopic (exact) mass is 484 g/mol. The molecule has 1 aliphatic rings. The number of hydrogen-bond donors (Lipinski definition) is 0. The summed E-state index contributed by atoms with van der Waals surface area (Å²) in [6.07, 6.45) is 7.52. The van der Waals surface area contributed by atoms with Crippen LogP contribution >= 0.6 is 0 Å². The van der Waals surface area contributed by atoms with Gasteiger partial charge in [0.25, 0.3) is 0 Å². The minimum Gasteiger partial charge on any atom is -0.392 e. The lowest BCUT2D eigenvalue weighted by atomic mass is 9.92. The van der Waals surface area contributed by atoms with E-state index in [0.29, 0.717) is 5.69 Å². The maximum atomic E-state index is 9.22. The van der Waals surface area contributed by atoms with Gasteiger partial charge in [-0.15, -0.1) is 0 Å². The van der Waals surface area contributed by atoms with Crippen molar-refractivity contribution in [2.24, 2.45) is 5.16 Å². The second kappa shape index (κ2) is 9.32. The number of nitriles is 1. The Kier molecular flexibility index (Phi) is 5.70. The molecule has 180 valence electrons. The third kappa shape index (κ3) is 4.03. The molecule has 37 heavy (non-hydrogen) atoms. The van der Waals surface area contributed by atoms with Crippen LogP contribution in [0.25, 0.3) is 22.2 Å². The molecular formula is C30H24N6O. The summed E-state index contributed by atoms with van der Waals surface area (Å²) in [5, 5.41) is 13.4. The lowest BCUT2D eigenvalue weighted by Crippen LogP contribution is -2.17. The Morgan fingerprint density at radius 3 is 2.49 bits per heavy atom. The number of oxime groups is 1. The molecule has 1 aromatic carbocycles. The van der Waals surface area contributed by atoms with Crippen LogP contribution in [0.5, 0.6) is 0 Å². The molecule has 0 amide bonds. The largest absolute Gasteiger partial charge is 0.392 e. The summed E-state index contributed by atoms with van der Waals surface area (Å²) in [5.41, 5.74) is 8.07. The molecule has 0 radical (unpaired) electrons. The van der Waals surface area contributed by atoms with E-state index in [9.17, 15) is 5.26 Å². The molecule has 4 aromatic heterocycles. The van der Waals surface area contributed by atoms with E-state index in [0.717, 1.165) is 44.7 Å². The van der Waals surface area contributed by atoms with Gasteiger partial charge in [-0.2, -0.15) is 5.26 Å². The molecule has 5 aromatic rings. The second-order valence-electron chi connectivity index (χ2n) is 9.22. The standard InChI is InChI=1S/C30H24N6O/c1-19-28(20(2)37-35-19)23-14-27-29(34-17-23)25(22-11-12-24(15-31)33-16-22)18-36(27)30(21-8-4-3-5-9-21)26-10-6-7-13-32-26/h3-14,16-18,20,28,30H,1-2H3/t20?,28?,30-/m0/s1. The summed E-state index contributed by atoms with van der Waals surface area (Å²) in [6, 6.07) is 24.1. The molecule has 0 spiro atoms. The third-order valence-electron chi connectivity index (χ3n) is 6.88. The first-order valence-corrected chi connectivity index (χ1v) is 12.2. The van der Waals surface area contributed by atoms with Crippen LogP contribution in [0.1, 0.15) is 48.3 Å². The Balaban J connectivity index is 1.61. The highest BCUT2D eigenvalue weighted by Crippen LogP contribution is 2.38. The van der Waals surface area contributed by atoms with E-state index in [-0.39, 0.29) is 18.1 Å². The fourth-order valence-corrected chi connectivity index (χ4v) is 5.14. The Morgan fingerprint density at radius 2 is 1.81 bits per heavy atom. The van der Waals surface area contributed by atoms with Gasteiger partial charge in [-0.3, -0.25) is 9.97 Å². The van der Waals surface area contributed by atoms with Gasteiger partial charge in [-0.05, 0) is 55.3 Å². The van der Waals surface area contributed by atoms with E-state index in [1.165, 1.54) is 0 Å². The maximum absolute atomic E-state index is 9.22. The van der Waals surface area contributed by atoms with Crippen LogP contribution in [-0.4, -0.2) is 31.3 Å². The van der Waals surface area contributed by atoms with E-state index in [1.807, 2.05) is 68.7 Å². The topological polar surface area (TPSA) is 89.0 Å². The van der Waals surface area contributed by atoms with Crippen molar-refractivity contribution in [3.05, 3.63) is 114 Å². The second-order valence-corrected chi connectivity index (χ2v) is 9.22. The number of fused-ring (bicyclic) bond motifs is 1. The summed E-state index contributed by atoms with van der Waals surface area (Å²) in [6.45, 7) is 4.02. The summed E-state index contributed by atoms with van der Waals surface area (Å²) in [4.78, 5) is 19.6. The number of nitrogens with zero attached hydrogens (tertiary/aromatic N) is 6. The van der Waals surface area contributed by atoms with Crippen LogP contribution in [0.3, 0.4) is 0 Å². The van der Waals surface area contributed by atoms with Gasteiger partial charge >= 0.3 is 0 Å². The van der Waals surface area contributed by atoms with E-state index >= 15 is 0 Å². The van der Waals surface area contributed by atoms with Gasteiger partial charge in [-0.1, -0.05) is 41.6 Å². The molecule has 3 atom stereocenters. The zero-order valence-electron chi connectivity index (χ0n) is 20.5. The lowest BCUT2D eigenvalue weighted by Gasteiger charge is -2.21. The Morgan fingerprint density at radius 1 is 0.973 bits per heavy atom. The Hall–Kier alpha value is -4.83. The Labute approximate surface area is 214 Å². The van der Waals surface area contributed by atoms with Crippen LogP contribution < -0.4 is 0 Å². The smallest absolute Gasteiger partial charge is 0.140 e. The molecule has 0 bridgehead atoms. The zero-order valence-corrected chi connectivity index (χ0v) is 20.5. The summed E-state index contributed by atoms with van der Waals surface area (Å²) in [5.74, 6) is 0.0327. The molecule has 5 heterocycles. The van der Waals surface area contributed by atoms with Crippen molar-refractivity contribution in [1.29, 1.82) is 5.26 Å². The van der Waals surface area contributed by atoms with Crippen LogP contribution in [0.15, 0.2) is 96.7 Å². The number of pyridine rings is 3.